The summed E-state index contributed by atoms with van der Waals surface area (Å²) >= 11 is 6.05. The molecule has 0 bridgehead atoms. The Morgan fingerprint density at radius 2 is 0.910 bits per heavy atom. The Hall–Kier alpha value is -9.27. The molecule has 10 rings (SSSR count). The summed E-state index contributed by atoms with van der Waals surface area (Å²) in [4.78, 5) is 37.0. The van der Waals surface area contributed by atoms with Gasteiger partial charge in [0.05, 0.1) is 68.3 Å². The molecule has 21 heteroatoms. The summed E-state index contributed by atoms with van der Waals surface area (Å²) in [6, 6.07) is 37.7. The Morgan fingerprint density at radius 3 is 1.33 bits per heavy atom. The number of pyridine rings is 2. The number of anilines is 1. The van der Waals surface area contributed by atoms with Crippen molar-refractivity contribution in [3.05, 3.63) is 150 Å². The van der Waals surface area contributed by atoms with Crippen molar-refractivity contribution in [3.63, 3.8) is 0 Å². The molecule has 0 fully saturated rings. The summed E-state index contributed by atoms with van der Waals surface area (Å²) in [6.45, 7) is 5.97. The molecule has 0 spiro atoms. The van der Waals surface area contributed by atoms with Crippen molar-refractivity contribution in [1.29, 1.82) is 0 Å². The van der Waals surface area contributed by atoms with Crippen LogP contribution in [0.3, 0.4) is 0 Å². The van der Waals surface area contributed by atoms with Gasteiger partial charge in [0.25, 0.3) is 0 Å². The highest BCUT2D eigenvalue weighted by Gasteiger charge is 2.26. The van der Waals surface area contributed by atoms with E-state index in [-0.39, 0.29) is 12.6 Å². The Morgan fingerprint density at radius 1 is 0.487 bits per heavy atom. The van der Waals surface area contributed by atoms with Gasteiger partial charge in [-0.15, -0.1) is 0 Å². The number of methoxy groups -OCH3 is 6. The third-order valence-corrected chi connectivity index (χ3v) is 11.7. The van der Waals surface area contributed by atoms with Gasteiger partial charge in [-0.2, -0.15) is 0 Å². The van der Waals surface area contributed by atoms with Gasteiger partial charge < -0.3 is 48.9 Å². The van der Waals surface area contributed by atoms with Gasteiger partial charge in [-0.05, 0) is 85.6 Å². The minimum Gasteiger partial charge on any atom is -0.497 e. The van der Waals surface area contributed by atoms with Crippen molar-refractivity contribution in [2.24, 2.45) is 5.73 Å². The number of halogens is 1. The number of rotatable bonds is 18. The van der Waals surface area contributed by atoms with Crippen LogP contribution < -0.4 is 48.9 Å². The highest BCUT2D eigenvalue weighted by Crippen LogP contribution is 2.40. The maximum absolute atomic E-state index is 6.05. The number of hydrogen-bond acceptors (Lipinski definition) is 18. The molecule has 0 saturated heterocycles. The maximum atomic E-state index is 6.05. The van der Waals surface area contributed by atoms with Gasteiger partial charge in [0.1, 0.15) is 68.2 Å². The minimum absolute atomic E-state index is 0. The maximum Gasteiger partial charge on any atom is 0.213 e. The quantitative estimate of drug-likeness (QED) is 0.0815. The zero-order valence-electron chi connectivity index (χ0n) is 43.7. The van der Waals surface area contributed by atoms with E-state index < -0.39 is 0 Å². The number of aromatic nitrogens is 10. The predicted molar refractivity (Wildman–Crippen MR) is 301 cm³/mol. The van der Waals surface area contributed by atoms with Crippen LogP contribution in [0.15, 0.2) is 134 Å². The van der Waals surface area contributed by atoms with E-state index in [0.29, 0.717) is 124 Å². The molecule has 404 valence electrons. The molecule has 10 aromatic rings. The van der Waals surface area contributed by atoms with E-state index in [9.17, 15) is 0 Å². The van der Waals surface area contributed by atoms with Crippen LogP contribution in [-0.2, 0) is 13.1 Å². The fraction of sp³-hybridized carbons (Fsp3) is 0.228. The van der Waals surface area contributed by atoms with Gasteiger partial charge in [-0.3, -0.25) is 9.13 Å². The van der Waals surface area contributed by atoms with E-state index >= 15 is 0 Å². The molecular formula is C57H61ClN12O8. The van der Waals surface area contributed by atoms with Crippen molar-refractivity contribution < 1.29 is 37.9 Å². The van der Waals surface area contributed by atoms with E-state index in [4.69, 9.17) is 70.2 Å². The zero-order valence-corrected chi connectivity index (χ0v) is 44.5. The topological polar surface area (TPSA) is 225 Å². The fourth-order valence-electron chi connectivity index (χ4n) is 7.88. The molecule has 0 unspecified atom stereocenters. The van der Waals surface area contributed by atoms with Gasteiger partial charge >= 0.3 is 0 Å². The van der Waals surface area contributed by atoms with E-state index in [0.717, 1.165) is 22.6 Å². The van der Waals surface area contributed by atoms with E-state index in [1.54, 1.807) is 65.6 Å². The second-order valence-electron chi connectivity index (χ2n) is 16.1. The van der Waals surface area contributed by atoms with Crippen molar-refractivity contribution in [3.8, 4) is 80.7 Å². The summed E-state index contributed by atoms with van der Waals surface area (Å²) in [5, 5.41) is 3.57. The molecule has 4 aromatic carbocycles. The fourth-order valence-corrected chi connectivity index (χ4v) is 8.01. The van der Waals surface area contributed by atoms with Crippen LogP contribution in [0, 0.1) is 0 Å². The Bertz CT molecular complexity index is 3490. The van der Waals surface area contributed by atoms with Crippen LogP contribution >= 0.6 is 11.6 Å². The molecule has 0 atom stereocenters. The van der Waals surface area contributed by atoms with E-state index in [2.05, 4.69) is 30.2 Å². The van der Waals surface area contributed by atoms with Crippen LogP contribution in [0.2, 0.25) is 5.15 Å². The number of hydrogen-bond donors (Lipinski definition) is 2. The Balaban J connectivity index is 0.000000194. The van der Waals surface area contributed by atoms with Gasteiger partial charge in [0.15, 0.2) is 34.2 Å². The summed E-state index contributed by atoms with van der Waals surface area (Å²) in [7, 11) is 9.70. The van der Waals surface area contributed by atoms with Crippen molar-refractivity contribution in [1.82, 2.24) is 49.0 Å². The van der Waals surface area contributed by atoms with Gasteiger partial charge in [-0.25, -0.2) is 39.9 Å². The smallest absolute Gasteiger partial charge is 0.213 e. The molecular weight excluding hydrogens is 1020 g/mol. The molecule has 0 saturated carbocycles. The number of nitrogens with zero attached hydrogens (tertiary/aromatic N) is 10. The number of benzene rings is 4. The lowest BCUT2D eigenvalue weighted by molar-refractivity contribution is 0.327. The third-order valence-electron chi connectivity index (χ3n) is 11.5. The van der Waals surface area contributed by atoms with Gasteiger partial charge in [0, 0.05) is 25.2 Å². The highest BCUT2D eigenvalue weighted by molar-refractivity contribution is 6.29. The molecule has 6 heterocycles. The molecule has 0 aliphatic heterocycles. The summed E-state index contributed by atoms with van der Waals surface area (Å²) in [5.41, 5.74) is 11.9. The summed E-state index contributed by atoms with van der Waals surface area (Å²) < 4.78 is 47.6. The first-order valence-corrected chi connectivity index (χ1v) is 24.5. The summed E-state index contributed by atoms with van der Waals surface area (Å²) in [5.74, 6) is 6.65. The normalized spacial score (nSPS) is 10.5. The minimum atomic E-state index is 0. The monoisotopic (exact) mass is 1080 g/mol. The lowest BCUT2D eigenvalue weighted by atomic mass is 10.2. The van der Waals surface area contributed by atoms with Gasteiger partial charge in [0.2, 0.25) is 11.8 Å². The molecule has 20 nitrogen and oxygen atoms in total. The largest absolute Gasteiger partial charge is 0.497 e. The molecule has 0 amide bonds. The Labute approximate surface area is 457 Å². The number of fused-ring (bicyclic) bond motifs is 2. The first-order chi connectivity index (χ1) is 37.7. The average Bonchev–Trinajstić information content (AvgIpc) is 4.14. The molecule has 6 aromatic heterocycles. The number of ether oxygens (including phenoxy) is 8. The number of nitrogens with two attached hydrogens (primary N) is 1. The molecule has 0 radical (unpaired) electrons. The van der Waals surface area contributed by atoms with Crippen LogP contribution in [-0.4, -0.2) is 105 Å². The SMILES string of the molecule is C.CCOc1cccc(-c2nc3nc(Cl)cnc3n2-c2c(OC)cccc2OC)n1.CCOc1cccc(-c2nc3nc(NCc4ccc(OC)cc4)cnc3n2-c2c(OC)cccc2OC)n1.COc1ccc(CN)cc1. The first-order valence-electron chi connectivity index (χ1n) is 24.2. The molecule has 0 aliphatic rings. The van der Waals surface area contributed by atoms with Crippen LogP contribution in [0.5, 0.6) is 46.3 Å². The van der Waals surface area contributed by atoms with Crippen LogP contribution in [0.1, 0.15) is 32.4 Å². The Kier molecular flexibility index (Phi) is 19.5. The third kappa shape index (κ3) is 12.9. The zero-order chi connectivity index (χ0) is 54.3. The second-order valence-corrected chi connectivity index (χ2v) is 16.5. The average molecular weight is 1080 g/mol. The highest BCUT2D eigenvalue weighted by atomic mass is 35.5. The van der Waals surface area contributed by atoms with Crippen molar-refractivity contribution >= 4 is 40.0 Å². The van der Waals surface area contributed by atoms with E-state index in [1.807, 2.05) is 128 Å². The number of nitrogens with one attached hydrogen (secondary N) is 1. The van der Waals surface area contributed by atoms with Crippen molar-refractivity contribution in [2.75, 3.05) is 61.2 Å². The van der Waals surface area contributed by atoms with Crippen molar-refractivity contribution in [2.45, 2.75) is 34.4 Å². The molecule has 3 N–H and O–H groups in total. The molecule has 0 aliphatic carbocycles. The second kappa shape index (κ2) is 27.0. The summed E-state index contributed by atoms with van der Waals surface area (Å²) in [6.07, 6.45) is 3.15. The van der Waals surface area contributed by atoms with E-state index in [1.165, 1.54) is 6.20 Å². The first kappa shape index (κ1) is 56.5. The standard InChI is InChI=1S/C28H28N6O4.C20H18ClN5O3.C8H11NO.CH4/c1-5-38-24-11-6-8-20(31-24)27-33-26-28(34(27)25-21(36-3)9-7-10-22(25)37-4)30-17-23(32-26)29-16-18-12-14-19(35-2)15-13-18;1-4-29-16-10-5-7-12(23-16)19-25-18-20(22-11-15(21)24-18)26(19)17-13(27-2)8-6-9-14(17)28-3;1-10-8-4-2-7(6-9)3-5-8;/h6-15,17H,5,16H2,1-4H3,(H,29,32);5-11H,4H2,1-3H3;2-5H,6,9H2,1H3;1H4. The number of para-hydroxylation sites is 2. The lowest BCUT2D eigenvalue weighted by Crippen LogP contribution is -2.06. The lowest BCUT2D eigenvalue weighted by Gasteiger charge is -2.16. The molecule has 78 heavy (non-hydrogen) atoms. The van der Waals surface area contributed by atoms with Gasteiger partial charge in [-0.1, -0.05) is 67.6 Å². The van der Waals surface area contributed by atoms with Crippen LogP contribution in [0.4, 0.5) is 5.82 Å². The predicted octanol–water partition coefficient (Wildman–Crippen LogP) is 10.7. The van der Waals surface area contributed by atoms with Crippen LogP contribution in [0.25, 0.3) is 57.0 Å². The number of imidazole rings is 2.